The van der Waals surface area contributed by atoms with Gasteiger partial charge in [-0.05, 0) is 24.3 Å². The van der Waals surface area contributed by atoms with Gasteiger partial charge in [-0.15, -0.1) is 0 Å². The summed E-state index contributed by atoms with van der Waals surface area (Å²) in [5, 5.41) is 6.04. The highest BCUT2D eigenvalue weighted by Gasteiger charge is 2.17. The molecule has 1 amide bonds. The van der Waals surface area contributed by atoms with Crippen LogP contribution in [-0.2, 0) is 11.3 Å². The number of morpholine rings is 1. The van der Waals surface area contributed by atoms with Gasteiger partial charge in [0.25, 0.3) is 5.91 Å². The molecule has 1 aliphatic heterocycles. The molecule has 0 saturated carbocycles. The summed E-state index contributed by atoms with van der Waals surface area (Å²) >= 11 is 0. The molecule has 0 radical (unpaired) electrons. The van der Waals surface area contributed by atoms with E-state index in [1.165, 1.54) is 12.4 Å². The number of nitrogens with one attached hydrogen (secondary N) is 2. The van der Waals surface area contributed by atoms with Gasteiger partial charge in [0, 0.05) is 13.1 Å². The Morgan fingerprint density at radius 3 is 2.68 bits per heavy atom. The van der Waals surface area contributed by atoms with Gasteiger partial charge in [0.05, 0.1) is 49.8 Å². The first-order valence-corrected chi connectivity index (χ1v) is 9.11. The predicted molar refractivity (Wildman–Crippen MR) is 105 cm³/mol. The van der Waals surface area contributed by atoms with E-state index >= 15 is 0 Å². The zero-order valence-electron chi connectivity index (χ0n) is 15.3. The van der Waals surface area contributed by atoms with Gasteiger partial charge < -0.3 is 24.7 Å². The third-order valence-electron chi connectivity index (χ3n) is 4.41. The number of benzene rings is 1. The Hall–Kier alpha value is -3.39. The van der Waals surface area contributed by atoms with Crippen molar-refractivity contribution in [2.75, 3.05) is 41.8 Å². The summed E-state index contributed by atoms with van der Waals surface area (Å²) in [6.07, 6.45) is 4.60. The SMILES string of the molecule is O=C(Nc1ccccc1N1CCOCC1)c1cnc(NCc2ccco2)cn1. The maximum Gasteiger partial charge on any atom is 0.275 e. The number of hydrogen-bond donors (Lipinski definition) is 2. The Balaban J connectivity index is 1.41. The summed E-state index contributed by atoms with van der Waals surface area (Å²) in [5.74, 6) is 1.07. The van der Waals surface area contributed by atoms with E-state index in [1.807, 2.05) is 36.4 Å². The van der Waals surface area contributed by atoms with E-state index < -0.39 is 0 Å². The molecular formula is C20H21N5O3. The van der Waals surface area contributed by atoms with E-state index in [0.29, 0.717) is 25.6 Å². The summed E-state index contributed by atoms with van der Waals surface area (Å²) in [4.78, 5) is 23.3. The minimum absolute atomic E-state index is 0.250. The van der Waals surface area contributed by atoms with Crippen LogP contribution in [0.25, 0.3) is 0 Å². The minimum Gasteiger partial charge on any atom is -0.467 e. The van der Waals surface area contributed by atoms with Crippen molar-refractivity contribution in [2.45, 2.75) is 6.54 Å². The summed E-state index contributed by atoms with van der Waals surface area (Å²) in [7, 11) is 0. The van der Waals surface area contributed by atoms with E-state index in [-0.39, 0.29) is 11.6 Å². The molecule has 4 rings (SSSR count). The maximum absolute atomic E-state index is 12.6. The van der Waals surface area contributed by atoms with Crippen LogP contribution in [-0.4, -0.2) is 42.2 Å². The fourth-order valence-corrected chi connectivity index (χ4v) is 2.97. The van der Waals surface area contributed by atoms with Crippen LogP contribution in [0.2, 0.25) is 0 Å². The predicted octanol–water partition coefficient (Wildman–Crippen LogP) is 2.77. The fraction of sp³-hybridized carbons (Fsp3) is 0.250. The molecule has 8 heteroatoms. The Morgan fingerprint density at radius 2 is 1.93 bits per heavy atom. The van der Waals surface area contributed by atoms with Crippen molar-refractivity contribution in [3.05, 3.63) is 66.5 Å². The first-order valence-electron chi connectivity index (χ1n) is 9.11. The standard InChI is InChI=1S/C20H21N5O3/c26-20(17-13-23-19(14-21-17)22-12-15-4-3-9-28-15)24-16-5-1-2-6-18(16)25-7-10-27-11-8-25/h1-6,9,13-14H,7-8,10-12H2,(H,22,23)(H,24,26). The smallest absolute Gasteiger partial charge is 0.275 e. The number of rotatable bonds is 6. The van der Waals surface area contributed by atoms with Gasteiger partial charge in [0.1, 0.15) is 17.3 Å². The second kappa shape index (κ2) is 8.53. The van der Waals surface area contributed by atoms with Gasteiger partial charge in [-0.3, -0.25) is 4.79 Å². The van der Waals surface area contributed by atoms with Crippen molar-refractivity contribution in [1.82, 2.24) is 9.97 Å². The van der Waals surface area contributed by atoms with Crippen LogP contribution in [0.15, 0.2) is 59.5 Å². The highest BCUT2D eigenvalue weighted by molar-refractivity contribution is 6.04. The van der Waals surface area contributed by atoms with Gasteiger partial charge in [-0.1, -0.05) is 12.1 Å². The highest BCUT2D eigenvalue weighted by Crippen LogP contribution is 2.26. The molecule has 0 atom stereocenters. The second-order valence-electron chi connectivity index (χ2n) is 6.29. The number of anilines is 3. The number of para-hydroxylation sites is 2. The van der Waals surface area contributed by atoms with Gasteiger partial charge in [0.15, 0.2) is 0 Å². The summed E-state index contributed by atoms with van der Waals surface area (Å²) < 4.78 is 10.7. The second-order valence-corrected chi connectivity index (χ2v) is 6.29. The molecule has 0 spiro atoms. The molecular weight excluding hydrogens is 358 g/mol. The number of nitrogens with zero attached hydrogens (tertiary/aromatic N) is 3. The van der Waals surface area contributed by atoms with Crippen LogP contribution >= 0.6 is 0 Å². The summed E-state index contributed by atoms with van der Waals surface area (Å²) in [6.45, 7) is 3.45. The molecule has 28 heavy (non-hydrogen) atoms. The van der Waals surface area contributed by atoms with Gasteiger partial charge >= 0.3 is 0 Å². The summed E-state index contributed by atoms with van der Waals surface area (Å²) in [6, 6.07) is 11.4. The van der Waals surface area contributed by atoms with E-state index in [2.05, 4.69) is 25.5 Å². The minimum atomic E-state index is -0.300. The van der Waals surface area contributed by atoms with Crippen molar-refractivity contribution in [2.24, 2.45) is 0 Å². The molecule has 2 aromatic heterocycles. The third-order valence-corrected chi connectivity index (χ3v) is 4.41. The first-order chi connectivity index (χ1) is 13.8. The lowest BCUT2D eigenvalue weighted by molar-refractivity contribution is 0.102. The lowest BCUT2D eigenvalue weighted by Crippen LogP contribution is -2.36. The molecule has 3 aromatic rings. The quantitative estimate of drug-likeness (QED) is 0.680. The van der Waals surface area contributed by atoms with Crippen molar-refractivity contribution < 1.29 is 13.9 Å². The van der Waals surface area contributed by atoms with Gasteiger partial charge in [-0.2, -0.15) is 0 Å². The van der Waals surface area contributed by atoms with Crippen molar-refractivity contribution in [3.8, 4) is 0 Å². The van der Waals surface area contributed by atoms with E-state index in [0.717, 1.165) is 30.2 Å². The largest absolute Gasteiger partial charge is 0.467 e. The van der Waals surface area contributed by atoms with Crippen LogP contribution in [0.4, 0.5) is 17.2 Å². The number of carbonyl (C=O) groups is 1. The number of carbonyl (C=O) groups excluding carboxylic acids is 1. The van der Waals surface area contributed by atoms with Gasteiger partial charge in [0.2, 0.25) is 0 Å². The summed E-state index contributed by atoms with van der Waals surface area (Å²) in [5.41, 5.74) is 1.97. The number of ether oxygens (including phenoxy) is 1. The van der Waals surface area contributed by atoms with Crippen molar-refractivity contribution in [1.29, 1.82) is 0 Å². The van der Waals surface area contributed by atoms with Crippen LogP contribution in [0.5, 0.6) is 0 Å². The van der Waals surface area contributed by atoms with Crippen LogP contribution in [0, 0.1) is 0 Å². The Bertz CT molecular complexity index is 906. The fourth-order valence-electron chi connectivity index (χ4n) is 2.97. The van der Waals surface area contributed by atoms with Crippen LogP contribution in [0.3, 0.4) is 0 Å². The maximum atomic E-state index is 12.6. The normalized spacial score (nSPS) is 13.9. The van der Waals surface area contributed by atoms with Crippen LogP contribution in [0.1, 0.15) is 16.2 Å². The molecule has 0 bridgehead atoms. The molecule has 1 saturated heterocycles. The van der Waals surface area contributed by atoms with E-state index in [9.17, 15) is 4.79 Å². The first kappa shape index (κ1) is 18.0. The molecule has 8 nitrogen and oxygen atoms in total. The Kier molecular flexibility index (Phi) is 5.48. The molecule has 0 aliphatic carbocycles. The Labute approximate surface area is 162 Å². The molecule has 1 aromatic carbocycles. The monoisotopic (exact) mass is 379 g/mol. The molecule has 144 valence electrons. The molecule has 3 heterocycles. The average Bonchev–Trinajstić information content (AvgIpc) is 3.27. The van der Waals surface area contributed by atoms with Crippen molar-refractivity contribution in [3.63, 3.8) is 0 Å². The zero-order chi connectivity index (χ0) is 19.2. The van der Waals surface area contributed by atoms with Crippen LogP contribution < -0.4 is 15.5 Å². The number of amides is 1. The topological polar surface area (TPSA) is 92.5 Å². The molecule has 1 aliphatic rings. The zero-order valence-corrected chi connectivity index (χ0v) is 15.3. The molecule has 0 unspecified atom stereocenters. The molecule has 2 N–H and O–H groups in total. The number of furan rings is 1. The molecule has 1 fully saturated rings. The van der Waals surface area contributed by atoms with Crippen molar-refractivity contribution >= 4 is 23.1 Å². The third kappa shape index (κ3) is 4.29. The number of aromatic nitrogens is 2. The number of hydrogen-bond acceptors (Lipinski definition) is 7. The lowest BCUT2D eigenvalue weighted by atomic mass is 10.2. The lowest BCUT2D eigenvalue weighted by Gasteiger charge is -2.30. The van der Waals surface area contributed by atoms with E-state index in [4.69, 9.17) is 9.15 Å². The highest BCUT2D eigenvalue weighted by atomic mass is 16.5. The average molecular weight is 379 g/mol. The Morgan fingerprint density at radius 1 is 1.07 bits per heavy atom. The van der Waals surface area contributed by atoms with Gasteiger partial charge in [-0.25, -0.2) is 9.97 Å². The van der Waals surface area contributed by atoms with E-state index in [1.54, 1.807) is 6.26 Å².